The predicted octanol–water partition coefficient (Wildman–Crippen LogP) is -0.451. The van der Waals surface area contributed by atoms with Gasteiger partial charge in [-0.1, -0.05) is 0 Å². The molecule has 0 aromatic heterocycles. The Morgan fingerprint density at radius 2 is 2.20 bits per heavy atom. The number of carbonyl (C=O) groups is 1. The Morgan fingerprint density at radius 3 is 2.80 bits per heavy atom. The van der Waals surface area contributed by atoms with Crippen LogP contribution in [0.15, 0.2) is 0 Å². The zero-order valence-corrected chi connectivity index (χ0v) is 9.04. The lowest BCUT2D eigenvalue weighted by Gasteiger charge is -2.29. The molecule has 15 heavy (non-hydrogen) atoms. The summed E-state index contributed by atoms with van der Waals surface area (Å²) in [7, 11) is 0. The summed E-state index contributed by atoms with van der Waals surface area (Å²) in [4.78, 5) is 13.5. The van der Waals surface area contributed by atoms with Gasteiger partial charge >= 0.3 is 0 Å². The molecule has 0 spiro atoms. The van der Waals surface area contributed by atoms with Crippen molar-refractivity contribution in [3.05, 3.63) is 0 Å². The van der Waals surface area contributed by atoms with Crippen LogP contribution in [0.3, 0.4) is 0 Å². The van der Waals surface area contributed by atoms with Crippen LogP contribution < -0.4 is 11.1 Å². The van der Waals surface area contributed by atoms with E-state index in [0.717, 1.165) is 25.9 Å². The fourth-order valence-corrected chi connectivity index (χ4v) is 1.64. The molecular weight excluding hydrogens is 190 g/mol. The third-order valence-corrected chi connectivity index (χ3v) is 2.59. The lowest BCUT2D eigenvalue weighted by molar-refractivity contribution is -0.122. The van der Waals surface area contributed by atoms with Crippen molar-refractivity contribution in [2.45, 2.75) is 25.3 Å². The van der Waals surface area contributed by atoms with E-state index in [9.17, 15) is 4.79 Å². The number of hydrogen-bond acceptors (Lipinski definition) is 3. The highest BCUT2D eigenvalue weighted by Gasteiger charge is 2.17. The molecule has 1 saturated heterocycles. The maximum atomic E-state index is 11.4. The predicted molar refractivity (Wildman–Crippen MR) is 60.1 cm³/mol. The van der Waals surface area contributed by atoms with Crippen LogP contribution in [0.25, 0.3) is 0 Å². The van der Waals surface area contributed by atoms with Gasteiger partial charge in [-0.2, -0.15) is 0 Å². The normalized spacial score (nSPS) is 18.4. The lowest BCUT2D eigenvalue weighted by Crippen LogP contribution is -2.44. The van der Waals surface area contributed by atoms with Gasteiger partial charge in [-0.05, 0) is 12.8 Å². The van der Waals surface area contributed by atoms with Gasteiger partial charge in [-0.25, -0.2) is 0 Å². The minimum atomic E-state index is 0.0562. The summed E-state index contributed by atoms with van der Waals surface area (Å²) in [6.07, 6.45) is 7.65. The molecule has 4 nitrogen and oxygen atoms in total. The quantitative estimate of drug-likeness (QED) is 0.487. The highest BCUT2D eigenvalue weighted by Crippen LogP contribution is 2.06. The summed E-state index contributed by atoms with van der Waals surface area (Å²) < 4.78 is 0. The molecular formula is C11H19N3O. The van der Waals surface area contributed by atoms with Crippen LogP contribution in [0.4, 0.5) is 0 Å². The number of rotatable bonds is 4. The van der Waals surface area contributed by atoms with E-state index in [4.69, 9.17) is 12.2 Å². The maximum Gasteiger partial charge on any atom is 0.234 e. The topological polar surface area (TPSA) is 58.4 Å². The fraction of sp³-hybridized carbons (Fsp3) is 0.727. The Hall–Kier alpha value is -1.05. The van der Waals surface area contributed by atoms with Gasteiger partial charge in [-0.3, -0.25) is 9.69 Å². The largest absolute Gasteiger partial charge is 0.354 e. The number of terminal acetylenes is 1. The van der Waals surface area contributed by atoms with Crippen molar-refractivity contribution < 1.29 is 4.79 Å². The van der Waals surface area contributed by atoms with Crippen LogP contribution in [-0.2, 0) is 4.79 Å². The molecule has 1 fully saturated rings. The number of nitrogens with one attached hydrogen (secondary N) is 1. The Labute approximate surface area is 91.2 Å². The van der Waals surface area contributed by atoms with Gasteiger partial charge in [0.15, 0.2) is 0 Å². The third-order valence-electron chi connectivity index (χ3n) is 2.59. The minimum Gasteiger partial charge on any atom is -0.354 e. The van der Waals surface area contributed by atoms with Crippen molar-refractivity contribution in [2.75, 3.05) is 26.2 Å². The molecule has 1 heterocycles. The van der Waals surface area contributed by atoms with Crippen LogP contribution in [0, 0.1) is 12.3 Å². The highest BCUT2D eigenvalue weighted by molar-refractivity contribution is 5.78. The van der Waals surface area contributed by atoms with Crippen molar-refractivity contribution in [3.63, 3.8) is 0 Å². The second-order valence-electron chi connectivity index (χ2n) is 3.92. The Balaban J connectivity index is 2.13. The van der Waals surface area contributed by atoms with Crippen molar-refractivity contribution in [1.82, 2.24) is 10.2 Å². The summed E-state index contributed by atoms with van der Waals surface area (Å²) in [6, 6.07) is 0.311. The van der Waals surface area contributed by atoms with Gasteiger partial charge in [0.05, 0.1) is 6.54 Å². The molecule has 3 N–H and O–H groups in total. The monoisotopic (exact) mass is 209 g/mol. The van der Waals surface area contributed by atoms with Gasteiger partial charge in [0.25, 0.3) is 0 Å². The van der Waals surface area contributed by atoms with Crippen LogP contribution in [-0.4, -0.2) is 43.0 Å². The van der Waals surface area contributed by atoms with Crippen molar-refractivity contribution in [3.8, 4) is 12.3 Å². The number of carbonyl (C=O) groups excluding carboxylic acids is 1. The van der Waals surface area contributed by atoms with Crippen molar-refractivity contribution in [1.29, 1.82) is 0 Å². The van der Waals surface area contributed by atoms with Crippen LogP contribution >= 0.6 is 0 Å². The minimum absolute atomic E-state index is 0.0562. The molecule has 4 heteroatoms. The summed E-state index contributed by atoms with van der Waals surface area (Å²) >= 11 is 0. The van der Waals surface area contributed by atoms with Gasteiger partial charge < -0.3 is 11.1 Å². The van der Waals surface area contributed by atoms with Crippen molar-refractivity contribution >= 4 is 5.91 Å². The van der Waals surface area contributed by atoms with Crippen LogP contribution in [0.5, 0.6) is 0 Å². The molecule has 1 aliphatic rings. The van der Waals surface area contributed by atoms with E-state index in [1.807, 2.05) is 0 Å². The molecule has 1 amide bonds. The van der Waals surface area contributed by atoms with E-state index in [0.29, 0.717) is 25.6 Å². The van der Waals surface area contributed by atoms with E-state index in [-0.39, 0.29) is 5.91 Å². The molecule has 0 atom stereocenters. The average Bonchev–Trinajstić information content (AvgIpc) is 2.22. The van der Waals surface area contributed by atoms with Gasteiger partial charge in [-0.15, -0.1) is 12.3 Å². The van der Waals surface area contributed by atoms with Crippen LogP contribution in [0.2, 0.25) is 0 Å². The number of likely N-dealkylation sites (tertiary alicyclic amines) is 1. The van der Waals surface area contributed by atoms with Crippen molar-refractivity contribution in [2.24, 2.45) is 5.73 Å². The molecule has 84 valence electrons. The first-order chi connectivity index (χ1) is 7.22. The number of piperidine rings is 1. The van der Waals surface area contributed by atoms with E-state index in [2.05, 4.69) is 16.1 Å². The average molecular weight is 209 g/mol. The van der Waals surface area contributed by atoms with Crippen LogP contribution in [0.1, 0.15) is 19.3 Å². The number of nitrogens with zero attached hydrogens (tertiary/aromatic N) is 1. The number of hydrogen-bond donors (Lipinski definition) is 2. The van der Waals surface area contributed by atoms with E-state index in [1.165, 1.54) is 0 Å². The molecule has 0 saturated carbocycles. The molecule has 0 aliphatic carbocycles. The van der Waals surface area contributed by atoms with E-state index in [1.54, 1.807) is 0 Å². The van der Waals surface area contributed by atoms with E-state index >= 15 is 0 Å². The summed E-state index contributed by atoms with van der Waals surface area (Å²) in [5, 5.41) is 2.79. The summed E-state index contributed by atoms with van der Waals surface area (Å²) in [5.41, 5.74) is 5.78. The highest BCUT2D eigenvalue weighted by atomic mass is 16.2. The Kier molecular flexibility index (Phi) is 5.16. The SMILES string of the molecule is C#CCCNC(=O)CN1CCC(N)CC1. The van der Waals surface area contributed by atoms with Gasteiger partial charge in [0.1, 0.15) is 0 Å². The molecule has 0 bridgehead atoms. The Bertz CT molecular complexity index is 239. The zero-order valence-electron chi connectivity index (χ0n) is 9.04. The summed E-state index contributed by atoms with van der Waals surface area (Å²) in [6.45, 7) is 2.88. The number of nitrogens with two attached hydrogens (primary N) is 1. The molecule has 1 rings (SSSR count). The first kappa shape index (κ1) is 12.0. The fourth-order valence-electron chi connectivity index (χ4n) is 1.64. The molecule has 0 radical (unpaired) electrons. The summed E-state index contributed by atoms with van der Waals surface area (Å²) in [5.74, 6) is 2.54. The second-order valence-corrected chi connectivity index (χ2v) is 3.92. The first-order valence-electron chi connectivity index (χ1n) is 5.40. The third kappa shape index (κ3) is 4.82. The maximum absolute atomic E-state index is 11.4. The Morgan fingerprint density at radius 1 is 1.53 bits per heavy atom. The van der Waals surface area contributed by atoms with Gasteiger partial charge in [0, 0.05) is 32.1 Å². The van der Waals surface area contributed by atoms with Gasteiger partial charge in [0.2, 0.25) is 5.91 Å². The molecule has 0 aromatic rings. The molecule has 1 aliphatic heterocycles. The first-order valence-corrected chi connectivity index (χ1v) is 5.40. The zero-order chi connectivity index (χ0) is 11.1. The molecule has 0 aromatic carbocycles. The number of amides is 1. The molecule has 0 unspecified atom stereocenters. The van der Waals surface area contributed by atoms with E-state index < -0.39 is 0 Å². The smallest absolute Gasteiger partial charge is 0.234 e. The standard InChI is InChI=1S/C11H19N3O/c1-2-3-6-13-11(15)9-14-7-4-10(12)5-8-14/h1,10H,3-9,12H2,(H,13,15). The lowest BCUT2D eigenvalue weighted by atomic mass is 10.1. The second kappa shape index (κ2) is 6.44.